The second kappa shape index (κ2) is 9.28. The first-order valence-corrected chi connectivity index (χ1v) is 10.4. The van der Waals surface area contributed by atoms with Crippen molar-refractivity contribution in [1.82, 2.24) is 10.2 Å². The van der Waals surface area contributed by atoms with Gasteiger partial charge < -0.3 is 19.7 Å². The molecule has 0 spiro atoms. The van der Waals surface area contributed by atoms with Gasteiger partial charge in [-0.05, 0) is 36.4 Å². The van der Waals surface area contributed by atoms with E-state index in [4.69, 9.17) is 9.47 Å². The minimum atomic E-state index is -0.429. The molecular formula is C23H26N3O5+. The van der Waals surface area contributed by atoms with Crippen LogP contribution in [0.15, 0.2) is 48.5 Å². The SMILES string of the molecule is COc1ccc([C@@H](CNC(=O)CN2C(=O)c3ccccc3C2=O)[NH+]2CCOCC2)cc1. The molecule has 1 atom stereocenters. The molecule has 4 rings (SSSR count). The van der Waals surface area contributed by atoms with E-state index >= 15 is 0 Å². The van der Waals surface area contributed by atoms with E-state index in [0.717, 1.165) is 29.3 Å². The molecule has 0 unspecified atom stereocenters. The standard InChI is InChI=1S/C23H25N3O5/c1-30-17-8-6-16(7-9-17)20(25-10-12-31-13-11-25)14-24-21(27)15-26-22(28)18-4-2-3-5-19(18)23(26)29/h2-9,20H,10-15H2,1H3,(H,24,27)/p+1/t20-/m1/s1. The molecule has 2 heterocycles. The van der Waals surface area contributed by atoms with Gasteiger partial charge in [0.25, 0.3) is 11.8 Å². The van der Waals surface area contributed by atoms with Gasteiger partial charge in [0.15, 0.2) is 0 Å². The second-order valence-corrected chi connectivity index (χ2v) is 7.64. The average Bonchev–Trinajstić information content (AvgIpc) is 3.05. The summed E-state index contributed by atoms with van der Waals surface area (Å²) in [6.07, 6.45) is 0. The average molecular weight is 424 g/mol. The maximum Gasteiger partial charge on any atom is 0.262 e. The summed E-state index contributed by atoms with van der Waals surface area (Å²) in [4.78, 5) is 40.0. The molecule has 2 aromatic carbocycles. The van der Waals surface area contributed by atoms with Crippen LogP contribution in [0.25, 0.3) is 0 Å². The molecule has 0 aliphatic carbocycles. The number of fused-ring (bicyclic) bond motifs is 1. The molecule has 1 fully saturated rings. The molecule has 0 radical (unpaired) electrons. The van der Waals surface area contributed by atoms with Crippen molar-refractivity contribution in [3.63, 3.8) is 0 Å². The Hall–Kier alpha value is -3.23. The number of quaternary nitrogens is 1. The quantitative estimate of drug-likeness (QED) is 0.614. The lowest BCUT2D eigenvalue weighted by Gasteiger charge is -2.32. The van der Waals surface area contributed by atoms with Crippen LogP contribution < -0.4 is 15.0 Å². The number of hydrogen-bond acceptors (Lipinski definition) is 5. The number of rotatable bonds is 7. The normalized spacial score (nSPS) is 17.4. The number of nitrogens with one attached hydrogen (secondary N) is 2. The monoisotopic (exact) mass is 424 g/mol. The van der Waals surface area contributed by atoms with Gasteiger partial charge >= 0.3 is 0 Å². The van der Waals surface area contributed by atoms with Gasteiger partial charge in [-0.15, -0.1) is 0 Å². The molecule has 3 amide bonds. The number of hydrogen-bond donors (Lipinski definition) is 2. The van der Waals surface area contributed by atoms with Crippen molar-refractivity contribution in [2.24, 2.45) is 0 Å². The van der Waals surface area contributed by atoms with Crippen molar-refractivity contribution in [3.05, 3.63) is 65.2 Å². The topological polar surface area (TPSA) is 89.4 Å². The minimum absolute atomic E-state index is 0.0286. The van der Waals surface area contributed by atoms with Gasteiger partial charge in [-0.1, -0.05) is 12.1 Å². The molecule has 0 saturated carbocycles. The van der Waals surface area contributed by atoms with Crippen LogP contribution in [0.3, 0.4) is 0 Å². The summed E-state index contributed by atoms with van der Waals surface area (Å²) >= 11 is 0. The van der Waals surface area contributed by atoms with Crippen LogP contribution in [-0.4, -0.2) is 69.1 Å². The third-order valence-electron chi connectivity index (χ3n) is 5.83. The van der Waals surface area contributed by atoms with Gasteiger partial charge in [0.2, 0.25) is 5.91 Å². The van der Waals surface area contributed by atoms with Crippen LogP contribution in [0.4, 0.5) is 0 Å². The summed E-state index contributed by atoms with van der Waals surface area (Å²) in [5, 5.41) is 2.92. The molecular weight excluding hydrogens is 398 g/mol. The molecule has 2 N–H and O–H groups in total. The number of carbonyl (C=O) groups excluding carboxylic acids is 3. The maximum absolute atomic E-state index is 12.6. The van der Waals surface area contributed by atoms with E-state index in [0.29, 0.717) is 30.9 Å². The van der Waals surface area contributed by atoms with Gasteiger partial charge in [0.1, 0.15) is 31.4 Å². The van der Waals surface area contributed by atoms with Crippen molar-refractivity contribution >= 4 is 17.7 Å². The summed E-state index contributed by atoms with van der Waals surface area (Å²) in [5.74, 6) is -0.447. The summed E-state index contributed by atoms with van der Waals surface area (Å²) < 4.78 is 10.7. The first-order valence-electron chi connectivity index (χ1n) is 10.4. The van der Waals surface area contributed by atoms with E-state index in [2.05, 4.69) is 5.32 Å². The van der Waals surface area contributed by atoms with Crippen LogP contribution in [0.1, 0.15) is 32.3 Å². The fourth-order valence-corrected chi connectivity index (χ4v) is 4.11. The molecule has 0 aromatic heterocycles. The van der Waals surface area contributed by atoms with Gasteiger partial charge in [-0.25, -0.2) is 0 Å². The zero-order chi connectivity index (χ0) is 21.8. The van der Waals surface area contributed by atoms with Crippen molar-refractivity contribution in [2.45, 2.75) is 6.04 Å². The summed E-state index contributed by atoms with van der Waals surface area (Å²) in [6.45, 7) is 3.12. The summed E-state index contributed by atoms with van der Waals surface area (Å²) in [5.41, 5.74) is 1.77. The first-order chi connectivity index (χ1) is 15.1. The second-order valence-electron chi connectivity index (χ2n) is 7.64. The fourth-order valence-electron chi connectivity index (χ4n) is 4.11. The Morgan fingerprint density at radius 3 is 2.26 bits per heavy atom. The van der Waals surface area contributed by atoms with Gasteiger partial charge in [0.05, 0.1) is 38.0 Å². The van der Waals surface area contributed by atoms with E-state index in [1.165, 1.54) is 4.90 Å². The van der Waals surface area contributed by atoms with Crippen molar-refractivity contribution < 1.29 is 28.8 Å². The highest BCUT2D eigenvalue weighted by Gasteiger charge is 2.36. The molecule has 8 nitrogen and oxygen atoms in total. The Labute approximate surface area is 180 Å². The largest absolute Gasteiger partial charge is 0.497 e. The number of benzene rings is 2. The number of carbonyl (C=O) groups is 3. The van der Waals surface area contributed by atoms with Crippen LogP contribution in [-0.2, 0) is 9.53 Å². The lowest BCUT2D eigenvalue weighted by atomic mass is 10.0. The highest BCUT2D eigenvalue weighted by molar-refractivity contribution is 6.22. The lowest BCUT2D eigenvalue weighted by molar-refractivity contribution is -0.937. The molecule has 2 aromatic rings. The fraction of sp³-hybridized carbons (Fsp3) is 0.348. The number of methoxy groups -OCH3 is 1. The predicted octanol–water partition coefficient (Wildman–Crippen LogP) is 0.0638. The lowest BCUT2D eigenvalue weighted by Crippen LogP contribution is -3.15. The Morgan fingerprint density at radius 2 is 1.68 bits per heavy atom. The van der Waals surface area contributed by atoms with E-state index in [1.807, 2.05) is 24.3 Å². The Bertz CT molecular complexity index is 934. The van der Waals surface area contributed by atoms with E-state index < -0.39 is 11.8 Å². The highest BCUT2D eigenvalue weighted by atomic mass is 16.5. The van der Waals surface area contributed by atoms with Crippen molar-refractivity contribution in [3.8, 4) is 5.75 Å². The molecule has 2 aliphatic rings. The molecule has 0 bridgehead atoms. The molecule has 31 heavy (non-hydrogen) atoms. The number of imide groups is 1. The number of morpholine rings is 1. The first kappa shape index (κ1) is 21.0. The maximum atomic E-state index is 12.6. The van der Waals surface area contributed by atoms with Crippen LogP contribution in [0, 0.1) is 0 Å². The smallest absolute Gasteiger partial charge is 0.262 e. The Morgan fingerprint density at radius 1 is 1.06 bits per heavy atom. The molecule has 8 heteroatoms. The van der Waals surface area contributed by atoms with Crippen LogP contribution in [0.2, 0.25) is 0 Å². The third-order valence-corrected chi connectivity index (χ3v) is 5.83. The third kappa shape index (κ3) is 4.45. The summed E-state index contributed by atoms with van der Waals surface area (Å²) in [6, 6.07) is 14.5. The zero-order valence-electron chi connectivity index (χ0n) is 17.4. The highest BCUT2D eigenvalue weighted by Crippen LogP contribution is 2.22. The Kier molecular flexibility index (Phi) is 6.29. The zero-order valence-corrected chi connectivity index (χ0v) is 17.4. The number of amides is 3. The van der Waals surface area contributed by atoms with Gasteiger partial charge in [0, 0.05) is 5.56 Å². The number of ether oxygens (including phenoxy) is 2. The van der Waals surface area contributed by atoms with Crippen molar-refractivity contribution in [2.75, 3.05) is 46.5 Å². The predicted molar refractivity (Wildman–Crippen MR) is 112 cm³/mol. The van der Waals surface area contributed by atoms with E-state index in [-0.39, 0.29) is 18.5 Å². The van der Waals surface area contributed by atoms with E-state index in [9.17, 15) is 14.4 Å². The molecule has 1 saturated heterocycles. The molecule has 162 valence electrons. The summed E-state index contributed by atoms with van der Waals surface area (Å²) in [7, 11) is 1.62. The minimum Gasteiger partial charge on any atom is -0.497 e. The number of nitrogens with zero attached hydrogens (tertiary/aromatic N) is 1. The Balaban J connectivity index is 1.42. The van der Waals surface area contributed by atoms with Gasteiger partial charge in [-0.3, -0.25) is 19.3 Å². The van der Waals surface area contributed by atoms with Crippen LogP contribution in [0.5, 0.6) is 5.75 Å². The van der Waals surface area contributed by atoms with E-state index in [1.54, 1.807) is 31.4 Å². The molecule has 2 aliphatic heterocycles. The van der Waals surface area contributed by atoms with Crippen LogP contribution >= 0.6 is 0 Å². The van der Waals surface area contributed by atoms with Gasteiger partial charge in [-0.2, -0.15) is 0 Å². The van der Waals surface area contributed by atoms with Crippen molar-refractivity contribution in [1.29, 1.82) is 0 Å².